The van der Waals surface area contributed by atoms with E-state index in [1.807, 2.05) is 48.5 Å². The standard InChI is InChI=1S/C14H10ClN/c15-13-8-6-11(7-9-13)4-5-12-2-1-3-14(16)10-12/h1-3,6-10H,16H2. The molecule has 0 heterocycles. The number of anilines is 1. The van der Waals surface area contributed by atoms with Gasteiger partial charge in [-0.3, -0.25) is 0 Å². The molecule has 0 unspecified atom stereocenters. The van der Waals surface area contributed by atoms with Gasteiger partial charge in [-0.2, -0.15) is 0 Å². The van der Waals surface area contributed by atoms with Crippen molar-refractivity contribution in [2.24, 2.45) is 0 Å². The summed E-state index contributed by atoms with van der Waals surface area (Å²) in [5.74, 6) is 6.10. The summed E-state index contributed by atoms with van der Waals surface area (Å²) in [4.78, 5) is 0. The number of halogens is 1. The summed E-state index contributed by atoms with van der Waals surface area (Å²) >= 11 is 5.78. The van der Waals surface area contributed by atoms with Gasteiger partial charge in [0.05, 0.1) is 0 Å². The molecule has 2 aromatic rings. The van der Waals surface area contributed by atoms with Gasteiger partial charge in [0.15, 0.2) is 0 Å². The van der Waals surface area contributed by atoms with Gasteiger partial charge < -0.3 is 5.73 Å². The van der Waals surface area contributed by atoms with Crippen LogP contribution in [0.1, 0.15) is 11.1 Å². The number of benzene rings is 2. The van der Waals surface area contributed by atoms with Gasteiger partial charge in [-0.15, -0.1) is 0 Å². The van der Waals surface area contributed by atoms with Crippen LogP contribution in [0.25, 0.3) is 0 Å². The molecule has 0 aliphatic heterocycles. The first-order chi connectivity index (χ1) is 7.74. The van der Waals surface area contributed by atoms with E-state index in [0.29, 0.717) is 0 Å². The first-order valence-corrected chi connectivity index (χ1v) is 5.25. The molecule has 0 amide bonds. The Morgan fingerprint density at radius 1 is 0.875 bits per heavy atom. The number of rotatable bonds is 0. The van der Waals surface area contributed by atoms with Crippen LogP contribution in [0.15, 0.2) is 48.5 Å². The van der Waals surface area contributed by atoms with Crippen LogP contribution in [0, 0.1) is 11.8 Å². The Bertz CT molecular complexity index is 547. The van der Waals surface area contributed by atoms with Gasteiger partial charge >= 0.3 is 0 Å². The molecular formula is C14H10ClN. The van der Waals surface area contributed by atoms with Crippen LogP contribution >= 0.6 is 11.6 Å². The predicted molar refractivity (Wildman–Crippen MR) is 68.3 cm³/mol. The highest BCUT2D eigenvalue weighted by Gasteiger charge is 1.89. The Hall–Kier alpha value is -1.91. The molecule has 0 saturated carbocycles. The molecule has 0 aliphatic carbocycles. The molecule has 2 N–H and O–H groups in total. The maximum atomic E-state index is 5.78. The van der Waals surface area contributed by atoms with E-state index in [-0.39, 0.29) is 0 Å². The van der Waals surface area contributed by atoms with Crippen molar-refractivity contribution in [2.45, 2.75) is 0 Å². The fourth-order valence-electron chi connectivity index (χ4n) is 1.29. The molecule has 2 heteroatoms. The maximum absolute atomic E-state index is 5.78. The molecule has 2 rings (SSSR count). The Morgan fingerprint density at radius 3 is 2.25 bits per heavy atom. The van der Waals surface area contributed by atoms with Crippen LogP contribution in [0.2, 0.25) is 5.02 Å². The molecular weight excluding hydrogens is 218 g/mol. The zero-order valence-corrected chi connectivity index (χ0v) is 9.33. The maximum Gasteiger partial charge on any atom is 0.0406 e. The fraction of sp³-hybridized carbons (Fsp3) is 0. The summed E-state index contributed by atoms with van der Waals surface area (Å²) in [7, 11) is 0. The highest BCUT2D eigenvalue weighted by Crippen LogP contribution is 2.09. The molecule has 2 aromatic carbocycles. The third-order valence-electron chi connectivity index (χ3n) is 2.08. The van der Waals surface area contributed by atoms with Gasteiger partial charge in [0.2, 0.25) is 0 Å². The van der Waals surface area contributed by atoms with Gasteiger partial charge in [-0.1, -0.05) is 29.5 Å². The second-order valence-corrected chi connectivity index (χ2v) is 3.82. The third-order valence-corrected chi connectivity index (χ3v) is 2.33. The van der Waals surface area contributed by atoms with Crippen LogP contribution in [-0.4, -0.2) is 0 Å². The van der Waals surface area contributed by atoms with Crippen molar-refractivity contribution in [3.8, 4) is 11.8 Å². The minimum absolute atomic E-state index is 0.717. The predicted octanol–water partition coefficient (Wildman–Crippen LogP) is 3.32. The molecule has 1 nitrogen and oxygen atoms in total. The lowest BCUT2D eigenvalue weighted by Crippen LogP contribution is -1.84. The Kier molecular flexibility index (Phi) is 3.14. The average Bonchev–Trinajstić information content (AvgIpc) is 2.28. The van der Waals surface area contributed by atoms with E-state index >= 15 is 0 Å². The van der Waals surface area contributed by atoms with E-state index in [2.05, 4.69) is 11.8 Å². The van der Waals surface area contributed by atoms with Crippen molar-refractivity contribution in [2.75, 3.05) is 5.73 Å². The molecule has 0 bridgehead atoms. The Balaban J connectivity index is 2.25. The third kappa shape index (κ3) is 2.79. The van der Waals surface area contributed by atoms with Crippen molar-refractivity contribution < 1.29 is 0 Å². The van der Waals surface area contributed by atoms with Gasteiger partial charge in [0, 0.05) is 21.8 Å². The van der Waals surface area contributed by atoms with Gasteiger partial charge in [-0.25, -0.2) is 0 Å². The van der Waals surface area contributed by atoms with Crippen molar-refractivity contribution in [3.05, 3.63) is 64.7 Å². The van der Waals surface area contributed by atoms with E-state index in [0.717, 1.165) is 21.8 Å². The topological polar surface area (TPSA) is 26.0 Å². The summed E-state index contributed by atoms with van der Waals surface area (Å²) in [5, 5.41) is 0.717. The van der Waals surface area contributed by atoms with E-state index in [1.165, 1.54) is 0 Å². The number of hydrogen-bond acceptors (Lipinski definition) is 1. The molecule has 0 aliphatic rings. The summed E-state index contributed by atoms with van der Waals surface area (Å²) in [6.45, 7) is 0. The molecule has 0 radical (unpaired) electrons. The molecule has 0 atom stereocenters. The Labute approximate surface area is 99.9 Å². The number of nitrogen functional groups attached to an aromatic ring is 1. The molecule has 0 fully saturated rings. The number of hydrogen-bond donors (Lipinski definition) is 1. The SMILES string of the molecule is Nc1cccc(C#Cc2ccc(Cl)cc2)c1. The lowest BCUT2D eigenvalue weighted by Gasteiger charge is -1.93. The van der Waals surface area contributed by atoms with E-state index in [1.54, 1.807) is 0 Å². The zero-order valence-electron chi connectivity index (χ0n) is 8.57. The first-order valence-electron chi connectivity index (χ1n) is 4.87. The van der Waals surface area contributed by atoms with Gasteiger partial charge in [-0.05, 0) is 42.5 Å². The minimum Gasteiger partial charge on any atom is -0.399 e. The van der Waals surface area contributed by atoms with Crippen LogP contribution in [0.3, 0.4) is 0 Å². The average molecular weight is 228 g/mol. The van der Waals surface area contributed by atoms with Crippen molar-refractivity contribution in [1.82, 2.24) is 0 Å². The van der Waals surface area contributed by atoms with Crippen LogP contribution in [-0.2, 0) is 0 Å². The second kappa shape index (κ2) is 4.74. The summed E-state index contributed by atoms with van der Waals surface area (Å²) in [6, 6.07) is 14.9. The molecule has 78 valence electrons. The highest BCUT2D eigenvalue weighted by molar-refractivity contribution is 6.30. The highest BCUT2D eigenvalue weighted by atomic mass is 35.5. The van der Waals surface area contributed by atoms with E-state index in [4.69, 9.17) is 17.3 Å². The molecule has 16 heavy (non-hydrogen) atoms. The molecule has 0 spiro atoms. The normalized spacial score (nSPS) is 9.31. The van der Waals surface area contributed by atoms with E-state index < -0.39 is 0 Å². The zero-order chi connectivity index (χ0) is 11.4. The van der Waals surface area contributed by atoms with Crippen LogP contribution < -0.4 is 5.73 Å². The van der Waals surface area contributed by atoms with E-state index in [9.17, 15) is 0 Å². The Morgan fingerprint density at radius 2 is 1.56 bits per heavy atom. The minimum atomic E-state index is 0.717. The lowest BCUT2D eigenvalue weighted by molar-refractivity contribution is 1.62. The molecule has 0 saturated heterocycles. The van der Waals surface area contributed by atoms with Crippen LogP contribution in [0.4, 0.5) is 5.69 Å². The van der Waals surface area contributed by atoms with Crippen molar-refractivity contribution >= 4 is 17.3 Å². The van der Waals surface area contributed by atoms with Crippen molar-refractivity contribution in [3.63, 3.8) is 0 Å². The summed E-state index contributed by atoms with van der Waals surface area (Å²) in [5.41, 5.74) is 8.24. The fourth-order valence-corrected chi connectivity index (χ4v) is 1.42. The first kappa shape index (κ1) is 10.6. The monoisotopic (exact) mass is 227 g/mol. The largest absolute Gasteiger partial charge is 0.399 e. The van der Waals surface area contributed by atoms with Gasteiger partial charge in [0.25, 0.3) is 0 Å². The smallest absolute Gasteiger partial charge is 0.0406 e. The summed E-state index contributed by atoms with van der Waals surface area (Å²) in [6.07, 6.45) is 0. The molecule has 0 aromatic heterocycles. The van der Waals surface area contributed by atoms with Crippen LogP contribution in [0.5, 0.6) is 0 Å². The number of nitrogens with two attached hydrogens (primary N) is 1. The quantitative estimate of drug-likeness (QED) is 0.542. The summed E-state index contributed by atoms with van der Waals surface area (Å²) < 4.78 is 0. The lowest BCUT2D eigenvalue weighted by atomic mass is 10.2. The van der Waals surface area contributed by atoms with Gasteiger partial charge in [0.1, 0.15) is 0 Å². The van der Waals surface area contributed by atoms with Crippen molar-refractivity contribution in [1.29, 1.82) is 0 Å². The second-order valence-electron chi connectivity index (χ2n) is 3.38.